The SMILES string of the molecule is O=C(O)C(F)(F)C=Cc1cc(F)cc(F)c1. The zero-order chi connectivity index (χ0) is 12.3. The van der Waals surface area contributed by atoms with Gasteiger partial charge < -0.3 is 5.11 Å². The summed E-state index contributed by atoms with van der Waals surface area (Å²) in [6, 6.07) is 2.18. The molecule has 0 bridgehead atoms. The van der Waals surface area contributed by atoms with Crippen LogP contribution in [-0.4, -0.2) is 17.0 Å². The molecule has 0 aliphatic carbocycles. The molecule has 0 aliphatic rings. The Balaban J connectivity index is 2.96. The normalized spacial score (nSPS) is 12.0. The monoisotopic (exact) mass is 234 g/mol. The van der Waals surface area contributed by atoms with Crippen molar-refractivity contribution in [1.82, 2.24) is 0 Å². The molecule has 1 aromatic rings. The molecule has 0 aliphatic heterocycles. The van der Waals surface area contributed by atoms with E-state index in [-0.39, 0.29) is 11.6 Å². The minimum absolute atomic E-state index is 0.0591. The van der Waals surface area contributed by atoms with E-state index in [1.807, 2.05) is 0 Å². The summed E-state index contributed by atoms with van der Waals surface area (Å²) in [6.07, 6.45) is 0.698. The summed E-state index contributed by atoms with van der Waals surface area (Å²) in [5.41, 5.74) is -0.182. The van der Waals surface area contributed by atoms with Crippen molar-refractivity contribution >= 4 is 12.0 Å². The molecule has 0 aromatic heterocycles. The van der Waals surface area contributed by atoms with Crippen LogP contribution in [0.25, 0.3) is 6.08 Å². The van der Waals surface area contributed by atoms with Crippen LogP contribution < -0.4 is 0 Å². The first-order chi connectivity index (χ1) is 7.31. The molecule has 0 fully saturated rings. The molecular formula is C10H6F4O2. The third-order valence-corrected chi connectivity index (χ3v) is 1.66. The smallest absolute Gasteiger partial charge is 0.378 e. The number of rotatable bonds is 3. The molecule has 16 heavy (non-hydrogen) atoms. The molecule has 6 heteroatoms. The van der Waals surface area contributed by atoms with Crippen LogP contribution in [0.4, 0.5) is 17.6 Å². The Labute approximate surface area is 87.8 Å². The summed E-state index contributed by atoms with van der Waals surface area (Å²) in [5.74, 6) is -8.26. The molecular weight excluding hydrogens is 228 g/mol. The molecule has 1 aromatic carbocycles. The Bertz CT molecular complexity index is 420. The maximum absolute atomic E-state index is 12.6. The molecule has 0 radical (unpaired) electrons. The maximum Gasteiger partial charge on any atom is 0.378 e. The summed E-state index contributed by atoms with van der Waals surface area (Å²) in [5, 5.41) is 8.08. The molecule has 0 saturated heterocycles. The van der Waals surface area contributed by atoms with Gasteiger partial charge in [0.25, 0.3) is 0 Å². The number of alkyl halides is 2. The predicted octanol–water partition coefficient (Wildman–Crippen LogP) is 2.70. The van der Waals surface area contributed by atoms with E-state index in [2.05, 4.69) is 0 Å². The number of hydrogen-bond acceptors (Lipinski definition) is 1. The quantitative estimate of drug-likeness (QED) is 0.816. The average Bonchev–Trinajstić information content (AvgIpc) is 2.13. The first kappa shape index (κ1) is 12.2. The van der Waals surface area contributed by atoms with Crippen LogP contribution in [0, 0.1) is 11.6 Å². The molecule has 0 saturated carbocycles. The Morgan fingerprint density at radius 1 is 1.19 bits per heavy atom. The Hall–Kier alpha value is -1.85. The summed E-state index contributed by atoms with van der Waals surface area (Å²) in [4.78, 5) is 10.0. The predicted molar refractivity (Wildman–Crippen MR) is 48.0 cm³/mol. The number of aliphatic carboxylic acids is 1. The van der Waals surface area contributed by atoms with Crippen LogP contribution in [0.3, 0.4) is 0 Å². The maximum atomic E-state index is 12.6. The van der Waals surface area contributed by atoms with E-state index in [1.54, 1.807) is 0 Å². The third kappa shape index (κ3) is 3.08. The van der Waals surface area contributed by atoms with Crippen molar-refractivity contribution in [2.75, 3.05) is 0 Å². The van der Waals surface area contributed by atoms with Gasteiger partial charge in [0.15, 0.2) is 0 Å². The van der Waals surface area contributed by atoms with Crippen molar-refractivity contribution in [2.45, 2.75) is 5.92 Å². The molecule has 0 heterocycles. The van der Waals surface area contributed by atoms with Crippen molar-refractivity contribution in [3.63, 3.8) is 0 Å². The van der Waals surface area contributed by atoms with Crippen LogP contribution in [-0.2, 0) is 4.79 Å². The lowest BCUT2D eigenvalue weighted by molar-refractivity contribution is -0.157. The standard InChI is InChI=1S/C10H6F4O2/c11-7-3-6(4-8(12)5-7)1-2-10(13,14)9(15)16/h1-5H,(H,15,16). The van der Waals surface area contributed by atoms with E-state index in [0.717, 1.165) is 12.1 Å². The fourth-order valence-electron chi connectivity index (χ4n) is 0.944. The zero-order valence-corrected chi connectivity index (χ0v) is 7.75. The summed E-state index contributed by atoms with van der Waals surface area (Å²) in [6.45, 7) is 0. The van der Waals surface area contributed by atoms with Gasteiger partial charge in [-0.05, 0) is 23.8 Å². The second-order valence-corrected chi connectivity index (χ2v) is 2.96. The molecule has 0 amide bonds. The molecule has 2 nitrogen and oxygen atoms in total. The van der Waals surface area contributed by atoms with Gasteiger partial charge in [0.05, 0.1) is 0 Å². The highest BCUT2D eigenvalue weighted by molar-refractivity contribution is 5.79. The van der Waals surface area contributed by atoms with E-state index >= 15 is 0 Å². The highest BCUT2D eigenvalue weighted by Crippen LogP contribution is 2.18. The van der Waals surface area contributed by atoms with Gasteiger partial charge in [-0.2, -0.15) is 8.78 Å². The van der Waals surface area contributed by atoms with Crippen LogP contribution in [0.1, 0.15) is 5.56 Å². The van der Waals surface area contributed by atoms with E-state index in [0.29, 0.717) is 12.1 Å². The minimum Gasteiger partial charge on any atom is -0.477 e. The second kappa shape index (κ2) is 4.34. The van der Waals surface area contributed by atoms with Crippen LogP contribution in [0.15, 0.2) is 24.3 Å². The molecule has 0 unspecified atom stereocenters. The lowest BCUT2D eigenvalue weighted by atomic mass is 10.1. The van der Waals surface area contributed by atoms with Crippen molar-refractivity contribution < 1.29 is 27.5 Å². The van der Waals surface area contributed by atoms with Crippen LogP contribution >= 0.6 is 0 Å². The molecule has 1 N–H and O–H groups in total. The fourth-order valence-corrected chi connectivity index (χ4v) is 0.944. The average molecular weight is 234 g/mol. The summed E-state index contributed by atoms with van der Waals surface area (Å²) in [7, 11) is 0. The number of benzene rings is 1. The summed E-state index contributed by atoms with van der Waals surface area (Å²) < 4.78 is 50.4. The van der Waals surface area contributed by atoms with Gasteiger partial charge in [0.2, 0.25) is 0 Å². The number of carboxylic acid groups (broad SMARTS) is 1. The van der Waals surface area contributed by atoms with Crippen LogP contribution in [0.2, 0.25) is 0 Å². The zero-order valence-electron chi connectivity index (χ0n) is 7.75. The fraction of sp³-hybridized carbons (Fsp3) is 0.100. The number of hydrogen-bond donors (Lipinski definition) is 1. The molecule has 86 valence electrons. The van der Waals surface area contributed by atoms with Crippen molar-refractivity contribution in [1.29, 1.82) is 0 Å². The van der Waals surface area contributed by atoms with E-state index < -0.39 is 23.5 Å². The number of carboxylic acids is 1. The Morgan fingerprint density at radius 2 is 1.69 bits per heavy atom. The van der Waals surface area contributed by atoms with E-state index in [9.17, 15) is 22.4 Å². The van der Waals surface area contributed by atoms with Gasteiger partial charge in [-0.1, -0.05) is 6.08 Å². The highest BCUT2D eigenvalue weighted by Gasteiger charge is 2.35. The van der Waals surface area contributed by atoms with Gasteiger partial charge >= 0.3 is 11.9 Å². The molecule has 0 atom stereocenters. The second-order valence-electron chi connectivity index (χ2n) is 2.96. The summed E-state index contributed by atoms with van der Waals surface area (Å²) >= 11 is 0. The number of carbonyl (C=O) groups is 1. The van der Waals surface area contributed by atoms with E-state index in [1.165, 1.54) is 0 Å². The minimum atomic E-state index is -4.07. The van der Waals surface area contributed by atoms with Gasteiger partial charge in [-0.25, -0.2) is 13.6 Å². The van der Waals surface area contributed by atoms with E-state index in [4.69, 9.17) is 5.11 Å². The molecule has 1 rings (SSSR count). The van der Waals surface area contributed by atoms with Crippen molar-refractivity contribution in [3.8, 4) is 0 Å². The van der Waals surface area contributed by atoms with Crippen molar-refractivity contribution in [2.24, 2.45) is 0 Å². The van der Waals surface area contributed by atoms with Gasteiger partial charge in [0.1, 0.15) is 11.6 Å². The Kier molecular flexibility index (Phi) is 3.31. The number of halogens is 4. The Morgan fingerprint density at radius 3 is 2.12 bits per heavy atom. The topological polar surface area (TPSA) is 37.3 Å². The van der Waals surface area contributed by atoms with Gasteiger partial charge in [-0.15, -0.1) is 0 Å². The van der Waals surface area contributed by atoms with Gasteiger partial charge in [0, 0.05) is 6.07 Å². The first-order valence-corrected chi connectivity index (χ1v) is 4.08. The highest BCUT2D eigenvalue weighted by atomic mass is 19.3. The van der Waals surface area contributed by atoms with Gasteiger partial charge in [-0.3, -0.25) is 0 Å². The first-order valence-electron chi connectivity index (χ1n) is 4.08. The lowest BCUT2D eigenvalue weighted by Gasteiger charge is -2.04. The third-order valence-electron chi connectivity index (χ3n) is 1.66. The lowest BCUT2D eigenvalue weighted by Crippen LogP contribution is -2.24. The van der Waals surface area contributed by atoms with Crippen molar-refractivity contribution in [3.05, 3.63) is 41.5 Å². The molecule has 0 spiro atoms. The largest absolute Gasteiger partial charge is 0.477 e. The van der Waals surface area contributed by atoms with Crippen LogP contribution in [0.5, 0.6) is 0 Å².